The van der Waals surface area contributed by atoms with E-state index in [-0.39, 0.29) is 45.9 Å². The molecule has 5 rings (SSSR count). The van der Waals surface area contributed by atoms with Crippen molar-refractivity contribution in [3.05, 3.63) is 0 Å². The maximum atomic E-state index is 15.2. The van der Waals surface area contributed by atoms with Gasteiger partial charge >= 0.3 is 6.03 Å². The second kappa shape index (κ2) is 16.5. The number of hydrogen-bond donors (Lipinski definition) is 4. The minimum Gasteiger partial charge on any atom is -0.347 e. The topological polar surface area (TPSA) is 137 Å². The number of urea groups is 1. The summed E-state index contributed by atoms with van der Waals surface area (Å²) in [4.78, 5) is 72.1. The van der Waals surface area contributed by atoms with Gasteiger partial charge in [-0.05, 0) is 85.7 Å². The van der Waals surface area contributed by atoms with E-state index < -0.39 is 50.0 Å². The van der Waals surface area contributed by atoms with Gasteiger partial charge in [-0.2, -0.15) is 0 Å². The van der Waals surface area contributed by atoms with E-state index in [1.807, 2.05) is 6.92 Å². The van der Waals surface area contributed by atoms with Crippen LogP contribution in [0.2, 0.25) is 0 Å². The lowest BCUT2D eigenvalue weighted by molar-refractivity contribution is -0.145. The van der Waals surface area contributed by atoms with E-state index in [9.17, 15) is 19.2 Å². The van der Waals surface area contributed by atoms with Gasteiger partial charge in [-0.1, -0.05) is 111 Å². The Morgan fingerprint density at radius 1 is 0.926 bits per heavy atom. The molecule has 10 nitrogen and oxygen atoms in total. The molecule has 0 bridgehead atoms. The Labute approximate surface area is 326 Å². The van der Waals surface area contributed by atoms with Crippen LogP contribution in [0.4, 0.5) is 4.79 Å². The van der Waals surface area contributed by atoms with Crippen molar-refractivity contribution >= 4 is 50.0 Å². The summed E-state index contributed by atoms with van der Waals surface area (Å²) in [6.45, 7) is 17.8. The molecular weight excluding hydrogens is 699 g/mol. The van der Waals surface area contributed by atoms with Crippen LogP contribution in [0, 0.1) is 22.7 Å². The van der Waals surface area contributed by atoms with Crippen LogP contribution in [0.15, 0.2) is 0 Å². The fraction of sp³-hybridized carbons (Fsp3) is 0.837. The number of Topliss-reactive ketones (excluding diaryl/α,β-unsaturated/α-hetero) is 1. The molecule has 0 spiro atoms. The molecule has 4 N–H and O–H groups in total. The van der Waals surface area contributed by atoms with Gasteiger partial charge in [-0.3, -0.25) is 19.2 Å². The maximum absolute atomic E-state index is 15.2. The van der Waals surface area contributed by atoms with E-state index in [0.29, 0.717) is 19.4 Å². The van der Waals surface area contributed by atoms with Crippen molar-refractivity contribution < 1.29 is 24.0 Å². The lowest BCUT2D eigenvalue weighted by atomic mass is 9.55. The summed E-state index contributed by atoms with van der Waals surface area (Å²) in [6.07, 6.45) is 14.0. The Hall–Kier alpha value is -2.56. The second-order valence-corrected chi connectivity index (χ2v) is 23.6. The van der Waals surface area contributed by atoms with Gasteiger partial charge in [0.05, 0.1) is 6.04 Å². The second-order valence-electron chi connectivity index (χ2n) is 19.7. The molecule has 306 valence electrons. The van der Waals surface area contributed by atoms with Crippen LogP contribution in [0.5, 0.6) is 0 Å². The first-order chi connectivity index (χ1) is 25.3. The summed E-state index contributed by atoms with van der Waals surface area (Å²) >= 11 is 0. The lowest BCUT2D eigenvalue weighted by Crippen LogP contribution is -2.64. The van der Waals surface area contributed by atoms with Crippen molar-refractivity contribution in [1.29, 1.82) is 0 Å². The van der Waals surface area contributed by atoms with Crippen molar-refractivity contribution in [3.8, 4) is 0 Å². The van der Waals surface area contributed by atoms with Gasteiger partial charge in [0.2, 0.25) is 17.6 Å². The molecule has 0 aromatic rings. The highest BCUT2D eigenvalue weighted by Crippen LogP contribution is 2.57. The molecule has 4 aliphatic carbocycles. The SMILES string of the molecule is C=S(=CC)(CC1(NC(=O)NC(C(=O)N2CC3C(CC3(C)C)C2C(=O)NC(CCCC)C(=O)C(=O)NC2CC2)C2(C)CCCCC2)CCCCC1)C(C)(C)C. The van der Waals surface area contributed by atoms with Crippen molar-refractivity contribution in [2.75, 3.05) is 12.3 Å². The molecule has 0 aromatic heterocycles. The van der Waals surface area contributed by atoms with Crippen molar-refractivity contribution in [2.24, 2.45) is 22.7 Å². The third kappa shape index (κ3) is 9.18. The zero-order valence-corrected chi connectivity index (χ0v) is 35.7. The number of amides is 5. The minimum absolute atomic E-state index is 0.0297. The Kier molecular flexibility index (Phi) is 13.0. The molecule has 1 saturated heterocycles. The van der Waals surface area contributed by atoms with Gasteiger partial charge in [-0.25, -0.2) is 14.0 Å². The average Bonchev–Trinajstić information content (AvgIpc) is 3.86. The summed E-state index contributed by atoms with van der Waals surface area (Å²) < 4.78 is -0.0297. The van der Waals surface area contributed by atoms with E-state index in [1.54, 1.807) is 4.90 Å². The molecule has 11 heteroatoms. The number of carbonyl (C=O) groups excluding carboxylic acids is 5. The number of likely N-dealkylation sites (tertiary alicyclic amines) is 1. The van der Waals surface area contributed by atoms with Crippen molar-refractivity contribution in [1.82, 2.24) is 26.2 Å². The first-order valence-corrected chi connectivity index (χ1v) is 23.3. The first-order valence-electron chi connectivity index (χ1n) is 21.3. The molecule has 54 heavy (non-hydrogen) atoms. The molecule has 6 unspecified atom stereocenters. The Morgan fingerprint density at radius 3 is 2.07 bits per heavy atom. The zero-order chi connectivity index (χ0) is 39.7. The van der Waals surface area contributed by atoms with Crippen LogP contribution in [0.25, 0.3) is 0 Å². The van der Waals surface area contributed by atoms with Crippen LogP contribution >= 0.6 is 9.21 Å². The van der Waals surface area contributed by atoms with E-state index in [4.69, 9.17) is 5.87 Å². The number of rotatable bonds is 14. The van der Waals surface area contributed by atoms with Gasteiger partial charge in [-0.15, -0.1) is 0 Å². The fourth-order valence-electron chi connectivity index (χ4n) is 10.2. The number of hydrogen-bond acceptors (Lipinski definition) is 5. The minimum atomic E-state index is -1.44. The van der Waals surface area contributed by atoms with Gasteiger partial charge in [0.1, 0.15) is 12.1 Å². The molecule has 5 fully saturated rings. The van der Waals surface area contributed by atoms with E-state index in [2.05, 4.69) is 75.1 Å². The third-order valence-electron chi connectivity index (χ3n) is 14.2. The van der Waals surface area contributed by atoms with Gasteiger partial charge < -0.3 is 26.2 Å². The highest BCUT2D eigenvalue weighted by atomic mass is 32.2. The normalized spacial score (nSPS) is 27.9. The molecule has 1 heterocycles. The van der Waals surface area contributed by atoms with Crippen molar-refractivity contribution in [2.45, 2.75) is 193 Å². The van der Waals surface area contributed by atoms with Crippen LogP contribution in [-0.4, -0.2) is 92.4 Å². The lowest BCUT2D eigenvalue weighted by Gasteiger charge is -2.48. The fourth-order valence-corrected chi connectivity index (χ4v) is 12.8. The number of carbonyl (C=O) groups is 5. The number of unbranched alkanes of at least 4 members (excludes halogenated alkanes) is 1. The average molecular weight is 772 g/mol. The molecule has 5 aliphatic rings. The number of nitrogens with one attached hydrogen (secondary N) is 4. The standard InChI is InChI=1S/C43H73N5O5S/c1-10-12-19-32(34(49)37(51)44-29-20-21-29)45-36(50)33-30-26-41(6,7)31(30)27-48(33)38(52)35(42(8)22-15-13-16-23-42)46-39(53)47-43(24-17-14-18-25-43)28-54(9,11-2)40(3,4)5/h11,29-33,35H,9-10,12-28H2,1-8H3,(H,44,51)(H,45,50)(H2,46,47,53). The molecule has 6 atom stereocenters. The maximum Gasteiger partial charge on any atom is 0.315 e. The summed E-state index contributed by atoms with van der Waals surface area (Å²) in [7, 11) is -1.44. The van der Waals surface area contributed by atoms with E-state index in [1.165, 1.54) is 0 Å². The molecule has 4 saturated carbocycles. The van der Waals surface area contributed by atoms with Crippen LogP contribution in [-0.2, 0) is 19.2 Å². The van der Waals surface area contributed by atoms with Gasteiger partial charge in [0.25, 0.3) is 5.91 Å². The first kappa shape index (κ1) is 42.6. The predicted molar refractivity (Wildman–Crippen MR) is 222 cm³/mol. The summed E-state index contributed by atoms with van der Waals surface area (Å²) in [5.74, 6) is 3.79. The molecular formula is C43H73N5O5S. The Bertz CT molecular complexity index is 1540. The quantitative estimate of drug-likeness (QED) is 0.117. The molecule has 0 aromatic carbocycles. The van der Waals surface area contributed by atoms with E-state index >= 15 is 4.79 Å². The van der Waals surface area contributed by atoms with Gasteiger partial charge in [0.15, 0.2) is 0 Å². The summed E-state index contributed by atoms with van der Waals surface area (Å²) in [6, 6.07) is -2.81. The monoisotopic (exact) mass is 772 g/mol. The highest BCUT2D eigenvalue weighted by molar-refractivity contribution is 8.29. The largest absolute Gasteiger partial charge is 0.347 e. The highest BCUT2D eigenvalue weighted by Gasteiger charge is 2.61. The Balaban J connectivity index is 1.42. The zero-order valence-electron chi connectivity index (χ0n) is 34.9. The third-order valence-corrected chi connectivity index (χ3v) is 18.6. The van der Waals surface area contributed by atoms with Crippen LogP contribution < -0.4 is 21.3 Å². The summed E-state index contributed by atoms with van der Waals surface area (Å²) in [5, 5.41) is 14.8. The van der Waals surface area contributed by atoms with Gasteiger partial charge in [0, 0.05) is 23.9 Å². The smallest absolute Gasteiger partial charge is 0.315 e. The number of ketones is 1. The van der Waals surface area contributed by atoms with Crippen LogP contribution in [0.1, 0.15) is 158 Å². The number of nitrogens with zero attached hydrogens (tertiary/aromatic N) is 1. The Morgan fingerprint density at radius 2 is 1.54 bits per heavy atom. The van der Waals surface area contributed by atoms with E-state index in [0.717, 1.165) is 95.6 Å². The molecule has 1 aliphatic heterocycles. The number of fused-ring (bicyclic) bond motifs is 1. The molecule has 5 amide bonds. The van der Waals surface area contributed by atoms with Crippen LogP contribution in [0.3, 0.4) is 0 Å². The molecule has 0 radical (unpaired) electrons. The summed E-state index contributed by atoms with van der Waals surface area (Å²) in [5.41, 5.74) is -0.936. The predicted octanol–water partition coefficient (Wildman–Crippen LogP) is 6.58. The van der Waals surface area contributed by atoms with Crippen molar-refractivity contribution in [3.63, 3.8) is 0 Å².